The lowest BCUT2D eigenvalue weighted by atomic mass is 10.0. The lowest BCUT2D eigenvalue weighted by Crippen LogP contribution is -2.26. The van der Waals surface area contributed by atoms with Crippen LogP contribution in [0.3, 0.4) is 0 Å². The van der Waals surface area contributed by atoms with Gasteiger partial charge in [-0.3, -0.25) is 0 Å². The molecule has 0 bridgehead atoms. The first-order valence-corrected chi connectivity index (χ1v) is 7.17. The molecule has 1 aromatic carbocycles. The molecule has 0 heterocycles. The van der Waals surface area contributed by atoms with Gasteiger partial charge in [0.1, 0.15) is 0 Å². The molecule has 0 radical (unpaired) electrons. The molecule has 3 atom stereocenters. The molecule has 0 spiro atoms. The van der Waals surface area contributed by atoms with Gasteiger partial charge in [0.15, 0.2) is 0 Å². The summed E-state index contributed by atoms with van der Waals surface area (Å²) in [4.78, 5) is 0. The number of hydrogen-bond donors (Lipinski definition) is 1. The predicted molar refractivity (Wildman–Crippen MR) is 72.2 cm³/mol. The molecular weight excluding hydrogens is 230 g/mol. The fraction of sp³-hybridized carbons (Fsp3) is 0.600. The molecule has 0 aromatic heterocycles. The molecule has 1 N–H and O–H groups in total. The third-order valence-electron chi connectivity index (χ3n) is 4.16. The minimum absolute atomic E-state index is 0.564. The molecule has 2 saturated carbocycles. The van der Waals surface area contributed by atoms with E-state index in [1.165, 1.54) is 31.2 Å². The minimum atomic E-state index is 0.564. The molecule has 2 aliphatic carbocycles. The van der Waals surface area contributed by atoms with Gasteiger partial charge in [-0.15, -0.1) is 0 Å². The van der Waals surface area contributed by atoms with Crippen LogP contribution in [-0.4, -0.2) is 6.04 Å². The molecule has 1 nitrogen and oxygen atoms in total. The molecule has 3 rings (SSSR count). The van der Waals surface area contributed by atoms with Crippen molar-refractivity contribution in [3.8, 4) is 0 Å². The van der Waals surface area contributed by atoms with Crippen LogP contribution in [0.4, 0.5) is 0 Å². The molecule has 0 amide bonds. The molecule has 2 heteroatoms. The first-order chi connectivity index (χ1) is 8.28. The standard InChI is InChI=1S/C15H20ClN/c1-2-10-9-14(10)17-15(11-3-4-11)12-5-7-13(16)8-6-12/h5-8,10-11,14-15,17H,2-4,9H2,1H3. The number of hydrogen-bond acceptors (Lipinski definition) is 1. The Bertz CT molecular complexity index is 382. The van der Waals surface area contributed by atoms with Crippen LogP contribution in [0, 0.1) is 11.8 Å². The Labute approximate surface area is 109 Å². The fourth-order valence-corrected chi connectivity index (χ4v) is 2.86. The van der Waals surface area contributed by atoms with Crippen molar-refractivity contribution in [1.29, 1.82) is 0 Å². The molecule has 3 unspecified atom stereocenters. The van der Waals surface area contributed by atoms with Gasteiger partial charge in [0, 0.05) is 17.1 Å². The second-order valence-corrected chi connectivity index (χ2v) is 5.98. The van der Waals surface area contributed by atoms with Crippen LogP contribution in [0.1, 0.15) is 44.2 Å². The van der Waals surface area contributed by atoms with Gasteiger partial charge in [-0.1, -0.05) is 37.1 Å². The van der Waals surface area contributed by atoms with Gasteiger partial charge in [0.05, 0.1) is 0 Å². The maximum Gasteiger partial charge on any atom is 0.0406 e. The van der Waals surface area contributed by atoms with Gasteiger partial charge in [-0.2, -0.15) is 0 Å². The van der Waals surface area contributed by atoms with E-state index in [9.17, 15) is 0 Å². The maximum atomic E-state index is 5.95. The van der Waals surface area contributed by atoms with Crippen molar-refractivity contribution in [3.63, 3.8) is 0 Å². The van der Waals surface area contributed by atoms with Crippen LogP contribution >= 0.6 is 11.6 Å². The molecule has 2 fully saturated rings. The highest BCUT2D eigenvalue weighted by Gasteiger charge is 2.40. The normalized spacial score (nSPS) is 29.1. The molecular formula is C15H20ClN. The lowest BCUT2D eigenvalue weighted by molar-refractivity contribution is 0.461. The van der Waals surface area contributed by atoms with E-state index in [-0.39, 0.29) is 0 Å². The molecule has 92 valence electrons. The smallest absolute Gasteiger partial charge is 0.0406 e. The summed E-state index contributed by atoms with van der Waals surface area (Å²) < 4.78 is 0. The summed E-state index contributed by atoms with van der Waals surface area (Å²) in [6, 6.07) is 9.72. The van der Waals surface area contributed by atoms with Crippen LogP contribution < -0.4 is 5.32 Å². The van der Waals surface area contributed by atoms with E-state index in [2.05, 4.69) is 24.4 Å². The Kier molecular flexibility index (Phi) is 3.14. The second kappa shape index (κ2) is 4.62. The quantitative estimate of drug-likeness (QED) is 0.826. The molecule has 2 aliphatic rings. The summed E-state index contributed by atoms with van der Waals surface area (Å²) in [6.45, 7) is 2.29. The lowest BCUT2D eigenvalue weighted by Gasteiger charge is -2.19. The summed E-state index contributed by atoms with van der Waals surface area (Å²) >= 11 is 5.95. The van der Waals surface area contributed by atoms with Crippen LogP contribution in [0.15, 0.2) is 24.3 Å². The van der Waals surface area contributed by atoms with Crippen molar-refractivity contribution in [2.45, 2.75) is 44.7 Å². The highest BCUT2D eigenvalue weighted by atomic mass is 35.5. The topological polar surface area (TPSA) is 12.0 Å². The van der Waals surface area contributed by atoms with Crippen LogP contribution in [0.2, 0.25) is 5.02 Å². The molecule has 17 heavy (non-hydrogen) atoms. The number of rotatable bonds is 5. The third kappa shape index (κ3) is 2.66. The Morgan fingerprint density at radius 1 is 1.29 bits per heavy atom. The van der Waals surface area contributed by atoms with E-state index in [0.29, 0.717) is 6.04 Å². The Hall–Kier alpha value is -0.530. The van der Waals surface area contributed by atoms with E-state index < -0.39 is 0 Å². The third-order valence-corrected chi connectivity index (χ3v) is 4.42. The van der Waals surface area contributed by atoms with Crippen molar-refractivity contribution >= 4 is 11.6 Å². The van der Waals surface area contributed by atoms with Gasteiger partial charge < -0.3 is 5.32 Å². The monoisotopic (exact) mass is 249 g/mol. The summed E-state index contributed by atoms with van der Waals surface area (Å²) in [7, 11) is 0. The van der Waals surface area contributed by atoms with Gasteiger partial charge in [-0.25, -0.2) is 0 Å². The number of nitrogens with one attached hydrogen (secondary N) is 1. The Morgan fingerprint density at radius 3 is 2.53 bits per heavy atom. The summed E-state index contributed by atoms with van der Waals surface area (Å²) in [5.74, 6) is 1.78. The van der Waals surface area contributed by atoms with Crippen LogP contribution in [0.25, 0.3) is 0 Å². The summed E-state index contributed by atoms with van der Waals surface area (Å²) in [5, 5.41) is 4.68. The van der Waals surface area contributed by atoms with Gasteiger partial charge >= 0.3 is 0 Å². The Morgan fingerprint density at radius 2 is 2.00 bits per heavy atom. The van der Waals surface area contributed by atoms with Gasteiger partial charge in [0.2, 0.25) is 0 Å². The van der Waals surface area contributed by atoms with E-state index in [1.54, 1.807) is 0 Å². The van der Waals surface area contributed by atoms with Gasteiger partial charge in [0.25, 0.3) is 0 Å². The molecule has 0 saturated heterocycles. The van der Waals surface area contributed by atoms with Crippen LogP contribution in [-0.2, 0) is 0 Å². The highest BCUT2D eigenvalue weighted by molar-refractivity contribution is 6.30. The average molecular weight is 250 g/mol. The number of benzene rings is 1. The summed E-state index contributed by atoms with van der Waals surface area (Å²) in [6.07, 6.45) is 5.44. The van der Waals surface area contributed by atoms with E-state index >= 15 is 0 Å². The largest absolute Gasteiger partial charge is 0.307 e. The Balaban J connectivity index is 1.69. The number of halogens is 1. The SMILES string of the molecule is CCC1CC1NC(c1ccc(Cl)cc1)C1CC1. The first kappa shape index (κ1) is 11.6. The van der Waals surface area contributed by atoms with Crippen molar-refractivity contribution in [3.05, 3.63) is 34.9 Å². The predicted octanol–water partition coefficient (Wildman–Crippen LogP) is 4.18. The zero-order chi connectivity index (χ0) is 11.8. The zero-order valence-corrected chi connectivity index (χ0v) is 11.1. The van der Waals surface area contributed by atoms with E-state index in [0.717, 1.165) is 22.9 Å². The van der Waals surface area contributed by atoms with Crippen molar-refractivity contribution < 1.29 is 0 Å². The fourth-order valence-electron chi connectivity index (χ4n) is 2.74. The average Bonchev–Trinajstić information content (AvgIpc) is 3.22. The minimum Gasteiger partial charge on any atom is -0.307 e. The first-order valence-electron chi connectivity index (χ1n) is 6.79. The van der Waals surface area contributed by atoms with Crippen molar-refractivity contribution in [2.24, 2.45) is 11.8 Å². The van der Waals surface area contributed by atoms with Gasteiger partial charge in [-0.05, 0) is 48.8 Å². The molecule has 0 aliphatic heterocycles. The molecule has 1 aromatic rings. The highest BCUT2D eigenvalue weighted by Crippen LogP contribution is 2.44. The zero-order valence-electron chi connectivity index (χ0n) is 10.3. The summed E-state index contributed by atoms with van der Waals surface area (Å²) in [5.41, 5.74) is 1.42. The second-order valence-electron chi connectivity index (χ2n) is 5.54. The van der Waals surface area contributed by atoms with Crippen molar-refractivity contribution in [2.75, 3.05) is 0 Å². The van der Waals surface area contributed by atoms with Crippen LogP contribution in [0.5, 0.6) is 0 Å². The van der Waals surface area contributed by atoms with E-state index in [4.69, 9.17) is 11.6 Å². The van der Waals surface area contributed by atoms with E-state index in [1.807, 2.05) is 12.1 Å². The van der Waals surface area contributed by atoms with Crippen molar-refractivity contribution in [1.82, 2.24) is 5.32 Å². The maximum absolute atomic E-state index is 5.95.